The second-order valence-corrected chi connectivity index (χ2v) is 10.1. The quantitative estimate of drug-likeness (QED) is 0.497. The third kappa shape index (κ3) is 5.39. The van der Waals surface area contributed by atoms with Gasteiger partial charge in [-0.1, -0.05) is 47.9 Å². The molecule has 1 aliphatic heterocycles. The lowest BCUT2D eigenvalue weighted by Gasteiger charge is -2.19. The third-order valence-corrected chi connectivity index (χ3v) is 7.61. The van der Waals surface area contributed by atoms with Gasteiger partial charge < -0.3 is 5.32 Å². The molecule has 1 amide bonds. The first-order valence-corrected chi connectivity index (χ1v) is 11.9. The summed E-state index contributed by atoms with van der Waals surface area (Å²) in [6, 6.07) is 5.75. The Kier molecular flexibility index (Phi) is 7.25. The van der Waals surface area contributed by atoms with Crippen LogP contribution in [0.5, 0.6) is 0 Å². The molecule has 0 aliphatic carbocycles. The van der Waals surface area contributed by atoms with Crippen LogP contribution in [-0.4, -0.2) is 31.5 Å². The van der Waals surface area contributed by atoms with Crippen molar-refractivity contribution in [3.8, 4) is 0 Å². The highest BCUT2D eigenvalue weighted by Gasteiger charge is 2.21. The van der Waals surface area contributed by atoms with Gasteiger partial charge in [0.05, 0.1) is 6.04 Å². The zero-order chi connectivity index (χ0) is 18.4. The molecule has 2 aromatic heterocycles. The van der Waals surface area contributed by atoms with Crippen LogP contribution in [0.2, 0.25) is 0 Å². The van der Waals surface area contributed by atoms with Crippen molar-refractivity contribution in [3.63, 3.8) is 0 Å². The number of carbonyl (C=O) groups excluding carboxylic acids is 1. The zero-order valence-corrected chi connectivity index (χ0v) is 17.2. The highest BCUT2D eigenvalue weighted by Crippen LogP contribution is 2.39. The van der Waals surface area contributed by atoms with Crippen molar-refractivity contribution in [1.82, 2.24) is 19.9 Å². The maximum Gasteiger partial charge on any atom is 0.220 e. The predicted octanol–water partition coefficient (Wildman–Crippen LogP) is 4.65. The SMILES string of the molecule is CC(C)C[C@H](NC(=O)CCCC[C@H]1CCSS1)c1nnc2ccccn12. The Morgan fingerprint density at radius 1 is 1.35 bits per heavy atom. The van der Waals surface area contributed by atoms with Crippen molar-refractivity contribution in [2.24, 2.45) is 5.92 Å². The second-order valence-electron chi connectivity index (χ2n) is 7.31. The Bertz CT molecular complexity index is 712. The molecule has 1 saturated heterocycles. The van der Waals surface area contributed by atoms with E-state index in [1.54, 1.807) is 0 Å². The van der Waals surface area contributed by atoms with Crippen LogP contribution in [0.15, 0.2) is 24.4 Å². The Morgan fingerprint density at radius 2 is 2.23 bits per heavy atom. The molecule has 3 heterocycles. The minimum atomic E-state index is -0.0957. The van der Waals surface area contributed by atoms with Crippen molar-refractivity contribution >= 4 is 33.1 Å². The lowest BCUT2D eigenvalue weighted by Crippen LogP contribution is -2.30. The smallest absolute Gasteiger partial charge is 0.220 e. The van der Waals surface area contributed by atoms with Gasteiger partial charge in [0.25, 0.3) is 0 Å². The Hall–Kier alpha value is -1.21. The van der Waals surface area contributed by atoms with Gasteiger partial charge in [0, 0.05) is 23.6 Å². The van der Waals surface area contributed by atoms with Crippen molar-refractivity contribution < 1.29 is 4.79 Å². The molecule has 1 fully saturated rings. The molecule has 142 valence electrons. The standard InChI is InChI=1S/C19H28N4OS2/c1-14(2)13-16(19-22-21-17-8-5-6-11-23(17)19)20-18(24)9-4-3-7-15-10-12-25-26-15/h5-6,8,11,14-16H,3-4,7,9-10,12-13H2,1-2H3,(H,20,24)/t15-,16-/m0/s1. The summed E-state index contributed by atoms with van der Waals surface area (Å²) in [5.74, 6) is 2.69. The van der Waals surface area contributed by atoms with Gasteiger partial charge in [0.1, 0.15) is 0 Å². The highest BCUT2D eigenvalue weighted by molar-refractivity contribution is 8.77. The van der Waals surface area contributed by atoms with Gasteiger partial charge in [-0.2, -0.15) is 0 Å². The van der Waals surface area contributed by atoms with Gasteiger partial charge in [-0.05, 0) is 43.7 Å². The lowest BCUT2D eigenvalue weighted by molar-refractivity contribution is -0.122. The van der Waals surface area contributed by atoms with E-state index in [1.807, 2.05) is 50.4 Å². The van der Waals surface area contributed by atoms with Crippen LogP contribution in [0.25, 0.3) is 5.65 Å². The minimum absolute atomic E-state index is 0.0957. The summed E-state index contributed by atoms with van der Waals surface area (Å²) in [4.78, 5) is 12.5. The number of amides is 1. The zero-order valence-electron chi connectivity index (χ0n) is 15.6. The second kappa shape index (κ2) is 9.65. The summed E-state index contributed by atoms with van der Waals surface area (Å²) >= 11 is 0. The fourth-order valence-electron chi connectivity index (χ4n) is 3.29. The van der Waals surface area contributed by atoms with Crippen molar-refractivity contribution in [2.75, 3.05) is 5.75 Å². The molecule has 2 aromatic rings. The van der Waals surface area contributed by atoms with Crippen LogP contribution in [0.3, 0.4) is 0 Å². The van der Waals surface area contributed by atoms with Gasteiger partial charge in [0.2, 0.25) is 5.91 Å². The minimum Gasteiger partial charge on any atom is -0.346 e. The molecule has 3 rings (SSSR count). The monoisotopic (exact) mass is 392 g/mol. The number of rotatable bonds is 9. The molecule has 2 atom stereocenters. The first kappa shape index (κ1) is 19.5. The molecular weight excluding hydrogens is 364 g/mol. The van der Waals surface area contributed by atoms with Crippen molar-refractivity contribution in [3.05, 3.63) is 30.2 Å². The lowest BCUT2D eigenvalue weighted by atomic mass is 10.0. The van der Waals surface area contributed by atoms with Crippen molar-refractivity contribution in [2.45, 2.75) is 63.7 Å². The molecule has 26 heavy (non-hydrogen) atoms. The van der Waals surface area contributed by atoms with E-state index in [0.717, 1.165) is 36.0 Å². The summed E-state index contributed by atoms with van der Waals surface area (Å²) in [6.07, 6.45) is 8.05. The molecule has 1 aliphatic rings. The average molecular weight is 393 g/mol. The van der Waals surface area contributed by atoms with E-state index in [9.17, 15) is 4.79 Å². The van der Waals surface area contributed by atoms with Gasteiger partial charge in [-0.3, -0.25) is 9.20 Å². The Morgan fingerprint density at radius 3 is 3.00 bits per heavy atom. The molecule has 0 aromatic carbocycles. The highest BCUT2D eigenvalue weighted by atomic mass is 33.1. The van der Waals surface area contributed by atoms with Crippen LogP contribution in [0, 0.1) is 5.92 Å². The maximum absolute atomic E-state index is 12.5. The van der Waals surface area contributed by atoms with Gasteiger partial charge in [-0.15, -0.1) is 10.2 Å². The molecule has 0 unspecified atom stereocenters. The molecule has 5 nitrogen and oxygen atoms in total. The van der Waals surface area contributed by atoms with Gasteiger partial charge >= 0.3 is 0 Å². The van der Waals surface area contributed by atoms with E-state index in [-0.39, 0.29) is 11.9 Å². The van der Waals surface area contributed by atoms with E-state index >= 15 is 0 Å². The number of hydrogen-bond acceptors (Lipinski definition) is 5. The summed E-state index contributed by atoms with van der Waals surface area (Å²) in [7, 11) is 4.00. The first-order valence-electron chi connectivity index (χ1n) is 9.51. The predicted molar refractivity (Wildman–Crippen MR) is 110 cm³/mol. The number of nitrogens with one attached hydrogen (secondary N) is 1. The Balaban J connectivity index is 1.55. The van der Waals surface area contributed by atoms with E-state index in [0.29, 0.717) is 12.3 Å². The van der Waals surface area contributed by atoms with Gasteiger partial charge in [-0.25, -0.2) is 0 Å². The number of fused-ring (bicyclic) bond motifs is 1. The number of hydrogen-bond donors (Lipinski definition) is 1. The number of carbonyl (C=O) groups is 1. The fourth-order valence-corrected chi connectivity index (χ4v) is 6.31. The summed E-state index contributed by atoms with van der Waals surface area (Å²) in [6.45, 7) is 4.33. The molecule has 0 saturated carbocycles. The Labute approximate surface area is 163 Å². The normalized spacial score (nSPS) is 18.5. The molecule has 1 N–H and O–H groups in total. The van der Waals surface area contributed by atoms with Crippen LogP contribution >= 0.6 is 21.6 Å². The van der Waals surface area contributed by atoms with Crippen molar-refractivity contribution in [1.29, 1.82) is 0 Å². The first-order chi connectivity index (χ1) is 12.6. The number of aromatic nitrogens is 3. The maximum atomic E-state index is 12.5. The summed E-state index contributed by atoms with van der Waals surface area (Å²) in [5, 5.41) is 12.6. The molecule has 0 bridgehead atoms. The molecule has 0 radical (unpaired) electrons. The topological polar surface area (TPSA) is 59.3 Å². The summed E-state index contributed by atoms with van der Waals surface area (Å²) < 4.78 is 1.97. The average Bonchev–Trinajstić information content (AvgIpc) is 3.27. The number of nitrogens with zero attached hydrogens (tertiary/aromatic N) is 3. The van der Waals surface area contributed by atoms with Crippen LogP contribution in [-0.2, 0) is 4.79 Å². The van der Waals surface area contributed by atoms with E-state index in [2.05, 4.69) is 29.4 Å². The van der Waals surface area contributed by atoms with Crippen LogP contribution in [0.4, 0.5) is 0 Å². The number of unbranched alkanes of at least 4 members (excludes halogenated alkanes) is 1. The molecular formula is C19H28N4OS2. The van der Waals surface area contributed by atoms with Crippen LogP contribution < -0.4 is 5.32 Å². The van der Waals surface area contributed by atoms with Gasteiger partial charge in [0.15, 0.2) is 11.5 Å². The molecule has 0 spiro atoms. The number of pyridine rings is 1. The molecule has 7 heteroatoms. The fraction of sp³-hybridized carbons (Fsp3) is 0.632. The third-order valence-electron chi connectivity index (χ3n) is 4.60. The summed E-state index contributed by atoms with van der Waals surface area (Å²) in [5.41, 5.74) is 0.817. The van der Waals surface area contributed by atoms with E-state index in [4.69, 9.17) is 0 Å². The van der Waals surface area contributed by atoms with E-state index < -0.39 is 0 Å². The largest absolute Gasteiger partial charge is 0.346 e. The van der Waals surface area contributed by atoms with Crippen LogP contribution in [0.1, 0.15) is 64.2 Å². The van der Waals surface area contributed by atoms with E-state index in [1.165, 1.54) is 18.6 Å².